The number of rotatable bonds is 2. The first-order valence-corrected chi connectivity index (χ1v) is 6.53. The molecule has 0 saturated carbocycles. The van der Waals surface area contributed by atoms with Crippen LogP contribution in [0.1, 0.15) is 10.4 Å². The number of aromatic nitrogens is 2. The van der Waals surface area contributed by atoms with Gasteiger partial charge in [-0.05, 0) is 24.3 Å². The zero-order valence-corrected chi connectivity index (χ0v) is 11.5. The highest BCUT2D eigenvalue weighted by atomic mass is 79.9. The van der Waals surface area contributed by atoms with Gasteiger partial charge in [0.05, 0.1) is 11.2 Å². The molecule has 1 aromatic carbocycles. The van der Waals surface area contributed by atoms with Crippen LogP contribution in [0.3, 0.4) is 0 Å². The molecule has 3 nitrogen and oxygen atoms in total. The Morgan fingerprint density at radius 3 is 2.63 bits per heavy atom. The average Bonchev–Trinajstić information content (AvgIpc) is 2.47. The molecule has 3 rings (SSSR count). The Bertz CT molecular complexity index is 754. The van der Waals surface area contributed by atoms with Crippen molar-refractivity contribution in [1.82, 2.24) is 9.97 Å². The van der Waals surface area contributed by atoms with Gasteiger partial charge in [0.25, 0.3) is 0 Å². The molecule has 0 bridgehead atoms. The van der Waals surface area contributed by atoms with Gasteiger partial charge < -0.3 is 0 Å². The minimum absolute atomic E-state index is 0.607. The number of hydrogen-bond acceptors (Lipinski definition) is 3. The Hall–Kier alpha value is -2.07. The topological polar surface area (TPSA) is 42.9 Å². The van der Waals surface area contributed by atoms with Crippen LogP contribution in [0.4, 0.5) is 0 Å². The molecule has 92 valence electrons. The van der Waals surface area contributed by atoms with Crippen LogP contribution in [-0.4, -0.2) is 16.3 Å². The maximum atomic E-state index is 11.2. The van der Waals surface area contributed by atoms with Crippen molar-refractivity contribution in [2.24, 2.45) is 0 Å². The Kier molecular flexibility index (Phi) is 3.09. The lowest BCUT2D eigenvalue weighted by Crippen LogP contribution is -1.92. The van der Waals surface area contributed by atoms with Crippen LogP contribution in [0.5, 0.6) is 0 Å². The Morgan fingerprint density at radius 2 is 1.89 bits per heavy atom. The van der Waals surface area contributed by atoms with Crippen molar-refractivity contribution < 1.29 is 4.79 Å². The average molecular weight is 313 g/mol. The number of aldehydes is 1. The van der Waals surface area contributed by atoms with Gasteiger partial charge in [-0.3, -0.25) is 9.78 Å². The third kappa shape index (κ3) is 2.27. The smallest absolute Gasteiger partial charge is 0.150 e. The second kappa shape index (κ2) is 4.90. The maximum Gasteiger partial charge on any atom is 0.150 e. The molecule has 19 heavy (non-hydrogen) atoms. The summed E-state index contributed by atoms with van der Waals surface area (Å²) in [6.45, 7) is 0. The molecule has 3 aromatic rings. The fourth-order valence-electron chi connectivity index (χ4n) is 1.96. The third-order valence-electron chi connectivity index (χ3n) is 2.91. The Balaban J connectivity index is 2.24. The number of carbonyl (C=O) groups excluding carboxylic acids is 1. The van der Waals surface area contributed by atoms with Crippen molar-refractivity contribution in [3.8, 4) is 11.3 Å². The lowest BCUT2D eigenvalue weighted by Gasteiger charge is -2.05. The largest absolute Gasteiger partial charge is 0.298 e. The number of hydrogen-bond donors (Lipinski definition) is 0. The molecule has 0 atom stereocenters. The van der Waals surface area contributed by atoms with Crippen molar-refractivity contribution >= 4 is 33.1 Å². The zero-order chi connectivity index (χ0) is 13.2. The van der Waals surface area contributed by atoms with Gasteiger partial charge in [-0.2, -0.15) is 0 Å². The summed E-state index contributed by atoms with van der Waals surface area (Å²) in [5.41, 5.74) is 3.15. The fourth-order valence-corrected chi connectivity index (χ4v) is 2.22. The van der Waals surface area contributed by atoms with Gasteiger partial charge in [-0.15, -0.1) is 0 Å². The van der Waals surface area contributed by atoms with Crippen LogP contribution in [-0.2, 0) is 0 Å². The molecule has 2 aromatic heterocycles. The number of carbonyl (C=O) groups is 1. The molecular weight excluding hydrogens is 304 g/mol. The van der Waals surface area contributed by atoms with E-state index in [-0.39, 0.29) is 0 Å². The van der Waals surface area contributed by atoms with E-state index in [2.05, 4.69) is 25.9 Å². The van der Waals surface area contributed by atoms with E-state index in [1.165, 1.54) is 0 Å². The van der Waals surface area contributed by atoms with Crippen molar-refractivity contribution in [3.63, 3.8) is 0 Å². The van der Waals surface area contributed by atoms with E-state index >= 15 is 0 Å². The summed E-state index contributed by atoms with van der Waals surface area (Å²) in [5.74, 6) is 0. The van der Waals surface area contributed by atoms with Gasteiger partial charge in [0, 0.05) is 33.4 Å². The Labute approximate surface area is 118 Å². The van der Waals surface area contributed by atoms with Gasteiger partial charge in [-0.25, -0.2) is 4.98 Å². The molecule has 0 aliphatic rings. The molecule has 0 saturated heterocycles. The summed E-state index contributed by atoms with van der Waals surface area (Å²) in [4.78, 5) is 19.8. The van der Waals surface area contributed by atoms with Crippen molar-refractivity contribution in [3.05, 3.63) is 58.8 Å². The van der Waals surface area contributed by atoms with Crippen LogP contribution >= 0.6 is 15.9 Å². The third-order valence-corrected chi connectivity index (χ3v) is 3.44. The van der Waals surface area contributed by atoms with E-state index in [0.717, 1.165) is 32.9 Å². The molecule has 4 heteroatoms. The molecule has 0 aliphatic carbocycles. The second-order valence-electron chi connectivity index (χ2n) is 4.11. The number of fused-ring (bicyclic) bond motifs is 1. The van der Waals surface area contributed by atoms with Crippen molar-refractivity contribution in [2.45, 2.75) is 0 Å². The molecule has 0 aliphatic heterocycles. The summed E-state index contributed by atoms with van der Waals surface area (Å²) in [5, 5.41) is 0.776. The molecule has 0 spiro atoms. The van der Waals surface area contributed by atoms with Gasteiger partial charge in [-0.1, -0.05) is 28.1 Å². The summed E-state index contributed by atoms with van der Waals surface area (Å²) < 4.78 is 1.01. The van der Waals surface area contributed by atoms with Gasteiger partial charge in [0.2, 0.25) is 0 Å². The molecule has 2 heterocycles. The van der Waals surface area contributed by atoms with Crippen LogP contribution in [0.2, 0.25) is 0 Å². The Morgan fingerprint density at radius 1 is 1.11 bits per heavy atom. The fraction of sp³-hybridized carbons (Fsp3) is 0. The monoisotopic (exact) mass is 312 g/mol. The SMILES string of the molecule is O=Cc1cc(-c2ccc(Br)cc2)nc2ccncc12. The van der Waals surface area contributed by atoms with E-state index in [1.807, 2.05) is 30.3 Å². The molecule has 0 fully saturated rings. The van der Waals surface area contributed by atoms with Gasteiger partial charge in [0.15, 0.2) is 6.29 Å². The highest BCUT2D eigenvalue weighted by Crippen LogP contribution is 2.24. The zero-order valence-electron chi connectivity index (χ0n) is 9.88. The normalized spacial score (nSPS) is 10.6. The maximum absolute atomic E-state index is 11.2. The van der Waals surface area contributed by atoms with Crippen LogP contribution in [0.25, 0.3) is 22.2 Å². The molecule has 0 radical (unpaired) electrons. The van der Waals surface area contributed by atoms with Gasteiger partial charge >= 0.3 is 0 Å². The molecular formula is C15H9BrN2O. The summed E-state index contributed by atoms with van der Waals surface area (Å²) >= 11 is 3.40. The van der Waals surface area contributed by atoms with Crippen LogP contribution < -0.4 is 0 Å². The van der Waals surface area contributed by atoms with E-state index in [0.29, 0.717) is 5.56 Å². The number of pyridine rings is 2. The number of halogens is 1. The molecule has 0 N–H and O–H groups in total. The lowest BCUT2D eigenvalue weighted by atomic mass is 10.1. The van der Waals surface area contributed by atoms with Crippen molar-refractivity contribution in [1.29, 1.82) is 0 Å². The standard InChI is InChI=1S/C15H9BrN2O/c16-12-3-1-10(2-4-12)15-7-11(9-19)13-8-17-6-5-14(13)18-15/h1-9H. The van der Waals surface area contributed by atoms with Crippen LogP contribution in [0, 0.1) is 0 Å². The highest BCUT2D eigenvalue weighted by Gasteiger charge is 2.07. The minimum Gasteiger partial charge on any atom is -0.298 e. The summed E-state index contributed by atoms with van der Waals surface area (Å²) in [6.07, 6.45) is 4.18. The lowest BCUT2D eigenvalue weighted by molar-refractivity contribution is 0.112. The summed E-state index contributed by atoms with van der Waals surface area (Å²) in [6, 6.07) is 11.4. The van der Waals surface area contributed by atoms with E-state index < -0.39 is 0 Å². The highest BCUT2D eigenvalue weighted by molar-refractivity contribution is 9.10. The van der Waals surface area contributed by atoms with Gasteiger partial charge in [0.1, 0.15) is 0 Å². The second-order valence-corrected chi connectivity index (χ2v) is 5.03. The first-order valence-electron chi connectivity index (χ1n) is 5.74. The first kappa shape index (κ1) is 12.0. The van der Waals surface area contributed by atoms with E-state index in [9.17, 15) is 4.79 Å². The van der Waals surface area contributed by atoms with Crippen LogP contribution in [0.15, 0.2) is 53.3 Å². The first-order chi connectivity index (χ1) is 9.28. The number of nitrogens with zero attached hydrogens (tertiary/aromatic N) is 2. The van der Waals surface area contributed by atoms with Crippen molar-refractivity contribution in [2.75, 3.05) is 0 Å². The van der Waals surface area contributed by atoms with E-state index in [1.54, 1.807) is 18.5 Å². The molecule has 0 unspecified atom stereocenters. The minimum atomic E-state index is 0.607. The molecule has 0 amide bonds. The number of benzene rings is 1. The quantitative estimate of drug-likeness (QED) is 0.675. The predicted octanol–water partition coefficient (Wildman–Crippen LogP) is 3.87. The predicted molar refractivity (Wildman–Crippen MR) is 78.1 cm³/mol. The summed E-state index contributed by atoms with van der Waals surface area (Å²) in [7, 11) is 0. The van der Waals surface area contributed by atoms with E-state index in [4.69, 9.17) is 0 Å².